The zero-order chi connectivity index (χ0) is 15.9. The molecule has 0 aliphatic rings. The number of aliphatic hydroxyl groups excluding tert-OH is 1. The van der Waals surface area contributed by atoms with Crippen LogP contribution in [-0.4, -0.2) is 37.8 Å². The fourth-order valence-corrected chi connectivity index (χ4v) is 3.23. The van der Waals surface area contributed by atoms with Crippen molar-refractivity contribution in [2.75, 3.05) is 13.2 Å². The predicted molar refractivity (Wildman–Crippen MR) is 81.8 cm³/mol. The summed E-state index contributed by atoms with van der Waals surface area (Å²) >= 11 is 3.07. The number of aromatic carboxylic acids is 1. The van der Waals surface area contributed by atoms with Crippen LogP contribution in [0.15, 0.2) is 27.6 Å². The first kappa shape index (κ1) is 18.1. The van der Waals surface area contributed by atoms with Crippen LogP contribution in [0.4, 0.5) is 0 Å². The molecule has 21 heavy (non-hydrogen) atoms. The number of unbranched alkanes of at least 4 members (excludes halogenated alkanes) is 3. The number of carboxylic acid groups (broad SMARTS) is 1. The Morgan fingerprint density at radius 2 is 1.86 bits per heavy atom. The standard InChI is InChI=1S/C13H18BrNO5S/c14-12-6-5-10(9-11(12)13(17)18)21(19,20)15-7-3-1-2-4-8-16/h5-6,9,15-16H,1-4,7-8H2,(H,17,18). The Hall–Kier alpha value is -0.960. The van der Waals surface area contributed by atoms with Crippen molar-refractivity contribution in [1.82, 2.24) is 4.72 Å². The van der Waals surface area contributed by atoms with Crippen molar-refractivity contribution in [2.24, 2.45) is 0 Å². The summed E-state index contributed by atoms with van der Waals surface area (Å²) in [4.78, 5) is 10.9. The van der Waals surface area contributed by atoms with E-state index in [1.807, 2.05) is 0 Å². The predicted octanol–water partition coefficient (Wildman–Crippen LogP) is 1.98. The van der Waals surface area contributed by atoms with E-state index < -0.39 is 16.0 Å². The van der Waals surface area contributed by atoms with E-state index in [0.717, 1.165) is 18.9 Å². The first-order valence-corrected chi connectivity index (χ1v) is 8.79. The summed E-state index contributed by atoms with van der Waals surface area (Å²) < 4.78 is 26.9. The molecule has 0 heterocycles. The number of benzene rings is 1. The maximum absolute atomic E-state index is 12.0. The molecule has 1 rings (SSSR count). The van der Waals surface area contributed by atoms with E-state index in [1.165, 1.54) is 12.1 Å². The highest BCUT2D eigenvalue weighted by molar-refractivity contribution is 9.10. The Balaban J connectivity index is 2.66. The lowest BCUT2D eigenvalue weighted by molar-refractivity contribution is 0.0695. The largest absolute Gasteiger partial charge is 0.478 e. The number of carbonyl (C=O) groups is 1. The van der Waals surface area contributed by atoms with Crippen LogP contribution < -0.4 is 4.72 Å². The van der Waals surface area contributed by atoms with Crippen LogP contribution in [0.5, 0.6) is 0 Å². The molecular formula is C13H18BrNO5S. The van der Waals surface area contributed by atoms with Gasteiger partial charge in [0, 0.05) is 17.6 Å². The topological polar surface area (TPSA) is 104 Å². The molecular weight excluding hydrogens is 362 g/mol. The second-order valence-corrected chi connectivity index (χ2v) is 7.10. The van der Waals surface area contributed by atoms with E-state index in [1.54, 1.807) is 0 Å². The van der Waals surface area contributed by atoms with Gasteiger partial charge in [0.2, 0.25) is 10.0 Å². The lowest BCUT2D eigenvalue weighted by Crippen LogP contribution is -2.25. The second kappa shape index (κ2) is 8.47. The average Bonchev–Trinajstić information content (AvgIpc) is 2.42. The first-order valence-electron chi connectivity index (χ1n) is 6.52. The second-order valence-electron chi connectivity index (χ2n) is 4.48. The molecule has 8 heteroatoms. The Kier molecular flexibility index (Phi) is 7.30. The number of aliphatic hydroxyl groups is 1. The van der Waals surface area contributed by atoms with Crippen molar-refractivity contribution in [3.05, 3.63) is 28.2 Å². The van der Waals surface area contributed by atoms with E-state index in [2.05, 4.69) is 20.7 Å². The quantitative estimate of drug-likeness (QED) is 0.569. The zero-order valence-electron chi connectivity index (χ0n) is 11.4. The monoisotopic (exact) mass is 379 g/mol. The van der Waals surface area contributed by atoms with Gasteiger partial charge < -0.3 is 10.2 Å². The summed E-state index contributed by atoms with van der Waals surface area (Å²) in [6, 6.07) is 3.88. The smallest absolute Gasteiger partial charge is 0.336 e. The number of halogens is 1. The van der Waals surface area contributed by atoms with Crippen molar-refractivity contribution in [3.8, 4) is 0 Å². The maximum atomic E-state index is 12.0. The molecule has 0 aromatic heterocycles. The van der Waals surface area contributed by atoms with Crippen molar-refractivity contribution in [3.63, 3.8) is 0 Å². The highest BCUT2D eigenvalue weighted by atomic mass is 79.9. The van der Waals surface area contributed by atoms with Crippen LogP contribution >= 0.6 is 15.9 Å². The molecule has 0 saturated heterocycles. The maximum Gasteiger partial charge on any atom is 0.336 e. The van der Waals surface area contributed by atoms with Crippen molar-refractivity contribution in [2.45, 2.75) is 30.6 Å². The number of sulfonamides is 1. The lowest BCUT2D eigenvalue weighted by Gasteiger charge is -2.08. The Labute approximate surface area is 132 Å². The average molecular weight is 380 g/mol. The molecule has 0 aliphatic carbocycles. The van der Waals surface area contributed by atoms with Crippen LogP contribution in [0.1, 0.15) is 36.0 Å². The van der Waals surface area contributed by atoms with E-state index in [0.29, 0.717) is 17.3 Å². The normalized spacial score (nSPS) is 11.5. The van der Waals surface area contributed by atoms with Gasteiger partial charge in [0.05, 0.1) is 10.5 Å². The van der Waals surface area contributed by atoms with Crippen LogP contribution in [0.3, 0.4) is 0 Å². The molecule has 3 N–H and O–H groups in total. The van der Waals surface area contributed by atoms with E-state index in [4.69, 9.17) is 10.2 Å². The SMILES string of the molecule is O=C(O)c1cc(S(=O)(=O)NCCCCCCO)ccc1Br. The van der Waals surface area contributed by atoms with Gasteiger partial charge in [-0.1, -0.05) is 12.8 Å². The number of hydrogen-bond donors (Lipinski definition) is 3. The van der Waals surface area contributed by atoms with E-state index in [-0.39, 0.29) is 23.6 Å². The minimum absolute atomic E-state index is 0.0709. The summed E-state index contributed by atoms with van der Waals surface area (Å²) in [5.41, 5.74) is -0.0965. The molecule has 0 fully saturated rings. The number of hydrogen-bond acceptors (Lipinski definition) is 4. The van der Waals surface area contributed by atoms with Gasteiger partial charge in [0.25, 0.3) is 0 Å². The third-order valence-electron chi connectivity index (χ3n) is 2.86. The van der Waals surface area contributed by atoms with Crippen LogP contribution in [0, 0.1) is 0 Å². The number of rotatable bonds is 9. The highest BCUT2D eigenvalue weighted by Gasteiger charge is 2.17. The molecule has 0 spiro atoms. The summed E-state index contributed by atoms with van der Waals surface area (Å²) in [6.45, 7) is 0.425. The molecule has 0 saturated carbocycles. The van der Waals surface area contributed by atoms with E-state index in [9.17, 15) is 13.2 Å². The van der Waals surface area contributed by atoms with Gasteiger partial charge in [-0.15, -0.1) is 0 Å². The van der Waals surface area contributed by atoms with Gasteiger partial charge in [-0.3, -0.25) is 0 Å². The van der Waals surface area contributed by atoms with Gasteiger partial charge >= 0.3 is 5.97 Å². The van der Waals surface area contributed by atoms with Gasteiger partial charge in [0.15, 0.2) is 0 Å². The van der Waals surface area contributed by atoms with Crippen LogP contribution in [0.2, 0.25) is 0 Å². The molecule has 118 valence electrons. The minimum Gasteiger partial charge on any atom is -0.478 e. The van der Waals surface area contributed by atoms with Gasteiger partial charge in [0.1, 0.15) is 0 Å². The van der Waals surface area contributed by atoms with Crippen molar-refractivity contribution < 1.29 is 23.4 Å². The molecule has 1 aromatic carbocycles. The van der Waals surface area contributed by atoms with Gasteiger partial charge in [-0.25, -0.2) is 17.9 Å². The van der Waals surface area contributed by atoms with Gasteiger partial charge in [-0.2, -0.15) is 0 Å². The fourth-order valence-electron chi connectivity index (χ4n) is 1.72. The number of nitrogens with one attached hydrogen (secondary N) is 1. The summed E-state index contributed by atoms with van der Waals surface area (Å²) in [5.74, 6) is -1.19. The Morgan fingerprint density at radius 1 is 1.19 bits per heavy atom. The van der Waals surface area contributed by atoms with Gasteiger partial charge in [-0.05, 0) is 47.0 Å². The third-order valence-corrected chi connectivity index (χ3v) is 5.01. The van der Waals surface area contributed by atoms with Crippen LogP contribution in [-0.2, 0) is 10.0 Å². The molecule has 0 unspecified atom stereocenters. The minimum atomic E-state index is -3.71. The zero-order valence-corrected chi connectivity index (χ0v) is 13.8. The highest BCUT2D eigenvalue weighted by Crippen LogP contribution is 2.21. The van der Waals surface area contributed by atoms with Crippen molar-refractivity contribution in [1.29, 1.82) is 0 Å². The Bertz CT molecular complexity index is 588. The summed E-state index contributed by atoms with van der Waals surface area (Å²) in [6.07, 6.45) is 3.05. The third kappa shape index (κ3) is 5.74. The molecule has 0 atom stereocenters. The fraction of sp³-hybridized carbons (Fsp3) is 0.462. The summed E-state index contributed by atoms with van der Waals surface area (Å²) in [7, 11) is -3.71. The molecule has 0 bridgehead atoms. The Morgan fingerprint density at radius 3 is 2.48 bits per heavy atom. The van der Waals surface area contributed by atoms with E-state index >= 15 is 0 Å². The molecule has 0 aliphatic heterocycles. The summed E-state index contributed by atoms with van der Waals surface area (Å²) in [5, 5.41) is 17.6. The molecule has 6 nitrogen and oxygen atoms in total. The van der Waals surface area contributed by atoms with Crippen molar-refractivity contribution >= 4 is 31.9 Å². The molecule has 0 radical (unpaired) electrons. The lowest BCUT2D eigenvalue weighted by atomic mass is 10.2. The molecule has 1 aromatic rings. The number of carboxylic acids is 1. The first-order chi connectivity index (χ1) is 9.88. The van der Waals surface area contributed by atoms with Crippen LogP contribution in [0.25, 0.3) is 0 Å². The molecule has 0 amide bonds.